The maximum absolute atomic E-state index is 12.9. The maximum Gasteiger partial charge on any atom is 0.263 e. The summed E-state index contributed by atoms with van der Waals surface area (Å²) in [6, 6.07) is 13.6. The van der Waals surface area contributed by atoms with E-state index in [1.807, 2.05) is 36.4 Å². The lowest BCUT2D eigenvalue weighted by Crippen LogP contribution is -2.50. The molecule has 1 atom stereocenters. The molecule has 0 saturated heterocycles. The van der Waals surface area contributed by atoms with Crippen LogP contribution in [0.25, 0.3) is 0 Å². The van der Waals surface area contributed by atoms with Crippen molar-refractivity contribution in [1.29, 1.82) is 0 Å². The van der Waals surface area contributed by atoms with Crippen LogP contribution in [0.3, 0.4) is 0 Å². The Morgan fingerprint density at radius 1 is 1.12 bits per heavy atom. The minimum absolute atomic E-state index is 0.0633. The Balaban J connectivity index is 1.74. The third kappa shape index (κ3) is 5.79. The van der Waals surface area contributed by atoms with Gasteiger partial charge in [-0.25, -0.2) is 8.42 Å². The number of amides is 1. The summed E-state index contributed by atoms with van der Waals surface area (Å²) in [4.78, 5) is 15.1. The molecule has 1 heterocycles. The lowest BCUT2D eigenvalue weighted by Gasteiger charge is -2.35. The average molecular weight is 474 g/mol. The van der Waals surface area contributed by atoms with Crippen LogP contribution in [0.2, 0.25) is 0 Å². The standard InChI is InChI=1S/C25H35N3O4S/c1-7-27(8-2)20-12-9-18(10-13-20)16-26-24(29)23-17-28(33(6,30)31)21-15-19(25(3,4)5)11-14-22(21)32-23/h9-15,23H,7-8,16-17H2,1-6H3,(H,26,29). The molecule has 2 aromatic rings. The van der Waals surface area contributed by atoms with Crippen molar-refractivity contribution >= 4 is 27.3 Å². The summed E-state index contributed by atoms with van der Waals surface area (Å²) in [5.41, 5.74) is 3.43. The van der Waals surface area contributed by atoms with Gasteiger partial charge >= 0.3 is 0 Å². The van der Waals surface area contributed by atoms with Gasteiger partial charge in [0.1, 0.15) is 5.75 Å². The number of nitrogens with zero attached hydrogens (tertiary/aromatic N) is 2. The molecule has 1 aliphatic rings. The minimum atomic E-state index is -3.58. The second-order valence-corrected chi connectivity index (χ2v) is 11.3. The van der Waals surface area contributed by atoms with Crippen LogP contribution in [0.15, 0.2) is 42.5 Å². The lowest BCUT2D eigenvalue weighted by molar-refractivity contribution is -0.127. The van der Waals surface area contributed by atoms with Crippen LogP contribution in [0.4, 0.5) is 11.4 Å². The highest BCUT2D eigenvalue weighted by atomic mass is 32.2. The van der Waals surface area contributed by atoms with Crippen molar-refractivity contribution in [2.75, 3.05) is 35.1 Å². The monoisotopic (exact) mass is 473 g/mol. The van der Waals surface area contributed by atoms with Gasteiger partial charge in [-0.3, -0.25) is 9.10 Å². The van der Waals surface area contributed by atoms with Crippen molar-refractivity contribution in [2.24, 2.45) is 0 Å². The van der Waals surface area contributed by atoms with Gasteiger partial charge in [0.25, 0.3) is 5.91 Å². The van der Waals surface area contributed by atoms with E-state index in [4.69, 9.17) is 4.74 Å². The first kappa shape index (κ1) is 24.9. The lowest BCUT2D eigenvalue weighted by atomic mass is 9.86. The zero-order chi connectivity index (χ0) is 24.4. The molecule has 1 N–H and O–H groups in total. The fraction of sp³-hybridized carbons (Fsp3) is 0.480. The van der Waals surface area contributed by atoms with Gasteiger partial charge in [0.05, 0.1) is 18.5 Å². The number of hydrogen-bond donors (Lipinski definition) is 1. The number of rotatable bonds is 7. The molecule has 0 radical (unpaired) electrons. The van der Waals surface area contributed by atoms with Crippen molar-refractivity contribution < 1.29 is 17.9 Å². The Labute approximate surface area is 197 Å². The van der Waals surface area contributed by atoms with Gasteiger partial charge in [-0.1, -0.05) is 39.0 Å². The Kier molecular flexibility index (Phi) is 7.26. The summed E-state index contributed by atoms with van der Waals surface area (Å²) in [6.07, 6.45) is 0.223. The Bertz CT molecular complexity index is 1090. The van der Waals surface area contributed by atoms with E-state index in [0.717, 1.165) is 36.2 Å². The Morgan fingerprint density at radius 2 is 1.76 bits per heavy atom. The Morgan fingerprint density at radius 3 is 2.30 bits per heavy atom. The van der Waals surface area contributed by atoms with Gasteiger partial charge in [0.15, 0.2) is 6.10 Å². The van der Waals surface area contributed by atoms with E-state index >= 15 is 0 Å². The van der Waals surface area contributed by atoms with Crippen LogP contribution in [0, 0.1) is 0 Å². The molecule has 1 amide bonds. The molecule has 180 valence electrons. The third-order valence-corrected chi connectivity index (χ3v) is 7.07. The first-order chi connectivity index (χ1) is 15.4. The Hall–Kier alpha value is -2.74. The predicted molar refractivity (Wildman–Crippen MR) is 134 cm³/mol. The topological polar surface area (TPSA) is 79.0 Å². The normalized spacial score (nSPS) is 16.1. The highest BCUT2D eigenvalue weighted by Gasteiger charge is 2.35. The van der Waals surface area contributed by atoms with Crippen molar-refractivity contribution in [3.8, 4) is 5.75 Å². The highest BCUT2D eigenvalue weighted by Crippen LogP contribution is 2.38. The number of carbonyl (C=O) groups is 1. The first-order valence-corrected chi connectivity index (χ1v) is 13.2. The summed E-state index contributed by atoms with van der Waals surface area (Å²) in [5.74, 6) is 0.0467. The summed E-state index contributed by atoms with van der Waals surface area (Å²) < 4.78 is 32.3. The van der Waals surface area contributed by atoms with Gasteiger partial charge in [0, 0.05) is 25.3 Å². The molecule has 8 heteroatoms. The molecular formula is C25H35N3O4S. The van der Waals surface area contributed by atoms with Crippen LogP contribution < -0.4 is 19.3 Å². The predicted octanol–water partition coefficient (Wildman–Crippen LogP) is 3.67. The van der Waals surface area contributed by atoms with Crippen molar-refractivity contribution in [3.63, 3.8) is 0 Å². The zero-order valence-electron chi connectivity index (χ0n) is 20.4. The van der Waals surface area contributed by atoms with E-state index in [1.165, 1.54) is 4.31 Å². The molecule has 0 aromatic heterocycles. The second-order valence-electron chi connectivity index (χ2n) is 9.39. The minimum Gasteiger partial charge on any atom is -0.476 e. The van der Waals surface area contributed by atoms with Crippen molar-refractivity contribution in [3.05, 3.63) is 53.6 Å². The molecular weight excluding hydrogens is 438 g/mol. The van der Waals surface area contributed by atoms with Crippen LogP contribution in [-0.2, 0) is 26.8 Å². The fourth-order valence-corrected chi connectivity index (χ4v) is 4.79. The molecule has 0 saturated carbocycles. The summed E-state index contributed by atoms with van der Waals surface area (Å²) in [5, 5.41) is 2.88. The number of hydrogen-bond acceptors (Lipinski definition) is 5. The zero-order valence-corrected chi connectivity index (χ0v) is 21.2. The molecule has 1 unspecified atom stereocenters. The molecule has 1 aliphatic heterocycles. The maximum atomic E-state index is 12.9. The van der Waals surface area contributed by atoms with Gasteiger partial charge in [-0.05, 0) is 54.7 Å². The number of fused-ring (bicyclic) bond motifs is 1. The summed E-state index contributed by atoms with van der Waals surface area (Å²) in [6.45, 7) is 12.6. The molecule has 0 bridgehead atoms. The summed E-state index contributed by atoms with van der Waals surface area (Å²) >= 11 is 0. The second kappa shape index (κ2) is 9.63. The first-order valence-electron chi connectivity index (χ1n) is 11.3. The van der Waals surface area contributed by atoms with Gasteiger partial charge in [-0.15, -0.1) is 0 Å². The molecule has 2 aromatic carbocycles. The van der Waals surface area contributed by atoms with E-state index in [9.17, 15) is 13.2 Å². The van der Waals surface area contributed by atoms with E-state index in [0.29, 0.717) is 18.0 Å². The number of benzene rings is 2. The van der Waals surface area contributed by atoms with E-state index in [2.05, 4.69) is 44.8 Å². The molecule has 7 nitrogen and oxygen atoms in total. The van der Waals surface area contributed by atoms with Crippen molar-refractivity contribution in [2.45, 2.75) is 52.7 Å². The molecule has 0 aliphatic carbocycles. The average Bonchev–Trinajstić information content (AvgIpc) is 2.76. The number of sulfonamides is 1. The van der Waals surface area contributed by atoms with E-state index in [1.54, 1.807) is 6.07 Å². The number of nitrogens with one attached hydrogen (secondary N) is 1. The highest BCUT2D eigenvalue weighted by molar-refractivity contribution is 7.92. The largest absolute Gasteiger partial charge is 0.476 e. The molecule has 33 heavy (non-hydrogen) atoms. The third-order valence-electron chi connectivity index (χ3n) is 5.92. The van der Waals surface area contributed by atoms with E-state index in [-0.39, 0.29) is 17.9 Å². The van der Waals surface area contributed by atoms with E-state index < -0.39 is 16.1 Å². The van der Waals surface area contributed by atoms with Crippen LogP contribution >= 0.6 is 0 Å². The van der Waals surface area contributed by atoms with Gasteiger partial charge < -0.3 is 15.0 Å². The quantitative estimate of drug-likeness (QED) is 0.664. The SMILES string of the molecule is CCN(CC)c1ccc(CNC(=O)C2CN(S(C)(=O)=O)c3cc(C(C)(C)C)ccc3O2)cc1. The number of carbonyl (C=O) groups excluding carboxylic acids is 1. The van der Waals surface area contributed by atoms with Crippen LogP contribution in [0.5, 0.6) is 5.75 Å². The van der Waals surface area contributed by atoms with Crippen molar-refractivity contribution in [1.82, 2.24) is 5.32 Å². The smallest absolute Gasteiger partial charge is 0.263 e. The molecule has 3 rings (SSSR count). The van der Waals surface area contributed by atoms with Crippen LogP contribution in [0.1, 0.15) is 45.7 Å². The van der Waals surface area contributed by atoms with Crippen LogP contribution in [-0.4, -0.2) is 46.3 Å². The number of ether oxygens (including phenoxy) is 1. The molecule has 0 fully saturated rings. The number of anilines is 2. The fourth-order valence-electron chi connectivity index (χ4n) is 3.88. The van der Waals surface area contributed by atoms with Gasteiger partial charge in [0.2, 0.25) is 10.0 Å². The summed E-state index contributed by atoms with van der Waals surface area (Å²) in [7, 11) is -3.58. The van der Waals surface area contributed by atoms with Gasteiger partial charge in [-0.2, -0.15) is 0 Å². The molecule has 0 spiro atoms.